The van der Waals surface area contributed by atoms with Crippen molar-refractivity contribution >= 4 is 11.0 Å². The van der Waals surface area contributed by atoms with Crippen molar-refractivity contribution in [3.05, 3.63) is 35.5 Å². The Morgan fingerprint density at radius 2 is 2.00 bits per heavy atom. The van der Waals surface area contributed by atoms with Crippen molar-refractivity contribution in [1.29, 1.82) is 0 Å². The Balaban J connectivity index is 2.25. The number of nitrogens with one attached hydrogen (secondary N) is 1. The van der Waals surface area contributed by atoms with Gasteiger partial charge in [-0.2, -0.15) is 5.10 Å². The van der Waals surface area contributed by atoms with Crippen molar-refractivity contribution in [3.8, 4) is 11.5 Å². The summed E-state index contributed by atoms with van der Waals surface area (Å²) in [6.45, 7) is 1.85. The van der Waals surface area contributed by atoms with Crippen LogP contribution in [0.4, 0.5) is 8.78 Å². The van der Waals surface area contributed by atoms with Crippen LogP contribution < -0.4 is 0 Å². The van der Waals surface area contributed by atoms with Gasteiger partial charge in [-0.15, -0.1) is 0 Å². The molecule has 2 heterocycles. The number of hydrogen-bond donors (Lipinski definition) is 1. The van der Waals surface area contributed by atoms with E-state index in [0.29, 0.717) is 11.3 Å². The van der Waals surface area contributed by atoms with E-state index >= 15 is 0 Å². The highest BCUT2D eigenvalue weighted by Gasteiger charge is 2.13. The van der Waals surface area contributed by atoms with Crippen LogP contribution >= 0.6 is 0 Å². The molecular weight excluding hydrogens is 238 g/mol. The van der Waals surface area contributed by atoms with E-state index in [4.69, 9.17) is 0 Å². The second-order valence-electron chi connectivity index (χ2n) is 4.16. The zero-order valence-corrected chi connectivity index (χ0v) is 9.83. The van der Waals surface area contributed by atoms with Gasteiger partial charge in [-0.25, -0.2) is 13.8 Å². The van der Waals surface area contributed by atoms with Gasteiger partial charge in [0.15, 0.2) is 11.6 Å². The molecule has 0 saturated heterocycles. The van der Waals surface area contributed by atoms with Crippen LogP contribution in [0.3, 0.4) is 0 Å². The first-order valence-corrected chi connectivity index (χ1v) is 5.40. The van der Waals surface area contributed by atoms with E-state index in [1.807, 2.05) is 13.0 Å². The minimum Gasteiger partial charge on any atom is -0.336 e. The van der Waals surface area contributed by atoms with E-state index in [9.17, 15) is 8.78 Å². The van der Waals surface area contributed by atoms with Crippen molar-refractivity contribution in [2.45, 2.75) is 6.92 Å². The van der Waals surface area contributed by atoms with E-state index in [1.54, 1.807) is 11.7 Å². The van der Waals surface area contributed by atoms with Crippen LogP contribution in [0.15, 0.2) is 18.2 Å². The van der Waals surface area contributed by atoms with E-state index < -0.39 is 11.6 Å². The Morgan fingerprint density at radius 1 is 1.22 bits per heavy atom. The van der Waals surface area contributed by atoms with E-state index in [0.717, 1.165) is 17.5 Å². The summed E-state index contributed by atoms with van der Waals surface area (Å²) in [7, 11) is 1.77. The predicted molar refractivity (Wildman–Crippen MR) is 62.9 cm³/mol. The second-order valence-corrected chi connectivity index (χ2v) is 4.16. The van der Waals surface area contributed by atoms with Gasteiger partial charge in [-0.1, -0.05) is 0 Å². The van der Waals surface area contributed by atoms with Gasteiger partial charge in [0.25, 0.3) is 0 Å². The molecule has 0 atom stereocenters. The van der Waals surface area contributed by atoms with Crippen LogP contribution in [0.5, 0.6) is 0 Å². The molecule has 4 nitrogen and oxygen atoms in total. The Labute approximate surface area is 101 Å². The Bertz CT molecular complexity index is 742. The van der Waals surface area contributed by atoms with Gasteiger partial charge in [0.2, 0.25) is 0 Å². The molecule has 0 fully saturated rings. The van der Waals surface area contributed by atoms with Gasteiger partial charge in [-0.3, -0.25) is 4.68 Å². The van der Waals surface area contributed by atoms with Crippen molar-refractivity contribution in [2.75, 3.05) is 0 Å². The minimum atomic E-state index is -0.675. The van der Waals surface area contributed by atoms with Crippen LogP contribution in [-0.4, -0.2) is 19.7 Å². The number of benzene rings is 1. The topological polar surface area (TPSA) is 46.5 Å². The number of fused-ring (bicyclic) bond motifs is 1. The van der Waals surface area contributed by atoms with Gasteiger partial charge < -0.3 is 4.98 Å². The summed E-state index contributed by atoms with van der Waals surface area (Å²) in [5, 5.41) is 4.19. The maximum Gasteiger partial charge on any atom is 0.156 e. The van der Waals surface area contributed by atoms with Crippen molar-refractivity contribution in [2.24, 2.45) is 7.05 Å². The molecular formula is C12H10F2N4. The largest absolute Gasteiger partial charge is 0.336 e. The minimum absolute atomic E-state index is 0.130. The molecule has 0 bridgehead atoms. The predicted octanol–water partition coefficient (Wildman–Crippen LogP) is 2.55. The number of rotatable bonds is 1. The summed E-state index contributed by atoms with van der Waals surface area (Å²) in [5.41, 5.74) is 2.02. The Kier molecular flexibility index (Phi) is 2.19. The van der Waals surface area contributed by atoms with E-state index in [-0.39, 0.29) is 5.52 Å². The molecule has 6 heteroatoms. The molecule has 0 unspecified atom stereocenters. The first-order valence-electron chi connectivity index (χ1n) is 5.40. The SMILES string of the molecule is Cc1cc(-c2nc3c(F)cc(F)cc3[nH]2)n(C)n1. The third-order valence-corrected chi connectivity index (χ3v) is 2.75. The first-order chi connectivity index (χ1) is 8.54. The van der Waals surface area contributed by atoms with Gasteiger partial charge in [0.05, 0.1) is 11.2 Å². The summed E-state index contributed by atoms with van der Waals surface area (Å²) >= 11 is 0. The molecule has 3 rings (SSSR count). The van der Waals surface area contributed by atoms with E-state index in [1.165, 1.54) is 6.07 Å². The monoisotopic (exact) mass is 248 g/mol. The maximum atomic E-state index is 13.5. The van der Waals surface area contributed by atoms with Crippen LogP contribution in [-0.2, 0) is 7.05 Å². The fraction of sp³-hybridized carbons (Fsp3) is 0.167. The summed E-state index contributed by atoms with van der Waals surface area (Å²) in [5.74, 6) is -0.833. The number of hydrogen-bond acceptors (Lipinski definition) is 2. The summed E-state index contributed by atoms with van der Waals surface area (Å²) < 4.78 is 28.3. The normalized spacial score (nSPS) is 11.3. The average Bonchev–Trinajstić information content (AvgIpc) is 2.81. The first kappa shape index (κ1) is 10.9. The molecule has 0 radical (unpaired) electrons. The summed E-state index contributed by atoms with van der Waals surface area (Å²) in [6, 6.07) is 3.87. The van der Waals surface area contributed by atoms with Crippen molar-refractivity contribution in [1.82, 2.24) is 19.7 Å². The van der Waals surface area contributed by atoms with Crippen molar-refractivity contribution < 1.29 is 8.78 Å². The lowest BCUT2D eigenvalue weighted by Crippen LogP contribution is -1.94. The maximum absolute atomic E-state index is 13.5. The molecule has 0 aliphatic rings. The van der Waals surface area contributed by atoms with E-state index in [2.05, 4.69) is 15.1 Å². The molecule has 0 aliphatic carbocycles. The number of imidazole rings is 1. The molecule has 0 saturated carbocycles. The van der Waals surface area contributed by atoms with Crippen LogP contribution in [0, 0.1) is 18.6 Å². The smallest absolute Gasteiger partial charge is 0.156 e. The Hall–Kier alpha value is -2.24. The number of aromatic amines is 1. The van der Waals surface area contributed by atoms with Crippen LogP contribution in [0.25, 0.3) is 22.6 Å². The molecule has 0 spiro atoms. The van der Waals surface area contributed by atoms with Crippen molar-refractivity contribution in [3.63, 3.8) is 0 Å². The Morgan fingerprint density at radius 3 is 2.67 bits per heavy atom. The number of nitrogens with zero attached hydrogens (tertiary/aromatic N) is 3. The molecule has 92 valence electrons. The molecule has 18 heavy (non-hydrogen) atoms. The summed E-state index contributed by atoms with van der Waals surface area (Å²) in [4.78, 5) is 7.04. The number of aryl methyl sites for hydroxylation is 2. The fourth-order valence-electron chi connectivity index (χ4n) is 2.00. The quantitative estimate of drug-likeness (QED) is 0.719. The number of halogens is 2. The third kappa shape index (κ3) is 1.57. The van der Waals surface area contributed by atoms with Gasteiger partial charge in [0.1, 0.15) is 17.0 Å². The average molecular weight is 248 g/mol. The van der Waals surface area contributed by atoms with Gasteiger partial charge >= 0.3 is 0 Å². The van der Waals surface area contributed by atoms with Gasteiger partial charge in [0, 0.05) is 13.1 Å². The zero-order valence-electron chi connectivity index (χ0n) is 9.83. The molecule has 1 aromatic carbocycles. The lowest BCUT2D eigenvalue weighted by atomic mass is 10.3. The summed E-state index contributed by atoms with van der Waals surface area (Å²) in [6.07, 6.45) is 0. The zero-order chi connectivity index (χ0) is 12.9. The number of aromatic nitrogens is 4. The number of H-pyrrole nitrogens is 1. The molecule has 1 N–H and O–H groups in total. The lowest BCUT2D eigenvalue weighted by Gasteiger charge is -1.95. The molecule has 0 amide bonds. The van der Waals surface area contributed by atoms with Gasteiger partial charge in [-0.05, 0) is 19.1 Å². The fourth-order valence-corrected chi connectivity index (χ4v) is 2.00. The lowest BCUT2D eigenvalue weighted by molar-refractivity contribution is 0.590. The molecule has 3 aromatic rings. The standard InChI is InChI=1S/C12H10F2N4/c1-6-3-10(18(2)17-6)12-15-9-5-7(13)4-8(14)11(9)16-12/h3-5H,1-2H3,(H,15,16). The van der Waals surface area contributed by atoms with Crippen LogP contribution in [0.1, 0.15) is 5.69 Å². The highest BCUT2D eigenvalue weighted by Crippen LogP contribution is 2.23. The second kappa shape index (κ2) is 3.63. The highest BCUT2D eigenvalue weighted by atomic mass is 19.1. The molecule has 2 aromatic heterocycles. The van der Waals surface area contributed by atoms with Crippen LogP contribution in [0.2, 0.25) is 0 Å². The molecule has 0 aliphatic heterocycles. The highest BCUT2D eigenvalue weighted by molar-refractivity contribution is 5.79. The third-order valence-electron chi connectivity index (χ3n) is 2.75.